The van der Waals surface area contributed by atoms with E-state index in [2.05, 4.69) is 16.0 Å². The van der Waals surface area contributed by atoms with Crippen molar-refractivity contribution in [1.29, 1.82) is 0 Å². The van der Waals surface area contributed by atoms with Crippen molar-refractivity contribution in [2.45, 2.75) is 76.3 Å². The van der Waals surface area contributed by atoms with Crippen LogP contribution in [0.15, 0.2) is 60.7 Å². The number of likely N-dealkylation sites (N-methyl/N-ethyl adjacent to an activating group) is 3. The van der Waals surface area contributed by atoms with Crippen molar-refractivity contribution < 1.29 is 47.4 Å². The Hall–Kier alpha value is -6.19. The summed E-state index contributed by atoms with van der Waals surface area (Å²) in [5.74, 6) is -3.37. The first-order chi connectivity index (χ1) is 27.0. The molecule has 3 aliphatic rings. The van der Waals surface area contributed by atoms with E-state index in [-0.39, 0.29) is 25.0 Å². The third-order valence-corrected chi connectivity index (χ3v) is 10.4. The van der Waals surface area contributed by atoms with Gasteiger partial charge in [0, 0.05) is 40.4 Å². The van der Waals surface area contributed by atoms with Crippen LogP contribution in [0.1, 0.15) is 37.5 Å². The van der Waals surface area contributed by atoms with E-state index >= 15 is 0 Å². The molecule has 3 N–H and O–H groups in total. The van der Waals surface area contributed by atoms with Gasteiger partial charge in [-0.25, -0.2) is 4.39 Å². The summed E-state index contributed by atoms with van der Waals surface area (Å²) in [7, 11) is 7.07. The van der Waals surface area contributed by atoms with Crippen LogP contribution in [-0.4, -0.2) is 122 Å². The largest absolute Gasteiger partial charge is 0.494 e. The summed E-state index contributed by atoms with van der Waals surface area (Å²) >= 11 is 0. The minimum absolute atomic E-state index is 0.0134. The fraction of sp³-hybridized carbons (Fsp3) is 0.415. The number of nitrogens with one attached hydrogen (secondary N) is 3. The summed E-state index contributed by atoms with van der Waals surface area (Å²) in [6.07, 6.45) is -0.160. The number of nitrogens with zero attached hydrogens (tertiary/aromatic N) is 3. The highest BCUT2D eigenvalue weighted by Gasteiger charge is 2.39. The molecule has 57 heavy (non-hydrogen) atoms. The van der Waals surface area contributed by atoms with E-state index in [9.17, 15) is 33.2 Å². The Morgan fingerprint density at radius 1 is 0.632 bits per heavy atom. The maximum Gasteiger partial charge on any atom is 0.246 e. The zero-order valence-corrected chi connectivity index (χ0v) is 33.3. The van der Waals surface area contributed by atoms with E-state index in [1.165, 1.54) is 78.1 Å². The third kappa shape index (κ3) is 9.44. The maximum atomic E-state index is 14.7. The van der Waals surface area contributed by atoms with E-state index in [1.54, 1.807) is 48.5 Å². The van der Waals surface area contributed by atoms with Gasteiger partial charge in [0.05, 0.1) is 14.2 Å². The molecule has 304 valence electrons. The quantitative estimate of drug-likeness (QED) is 0.357. The van der Waals surface area contributed by atoms with E-state index in [0.717, 1.165) is 4.90 Å². The molecule has 1 fully saturated rings. The molecule has 6 amide bonds. The Morgan fingerprint density at radius 2 is 1.18 bits per heavy atom. The second-order valence-corrected chi connectivity index (χ2v) is 14.4. The smallest absolute Gasteiger partial charge is 0.246 e. The Balaban J connectivity index is 1.58. The first kappa shape index (κ1) is 42.0. The van der Waals surface area contributed by atoms with Gasteiger partial charge in [0.2, 0.25) is 35.4 Å². The van der Waals surface area contributed by atoms with Crippen LogP contribution in [0.5, 0.6) is 23.0 Å². The van der Waals surface area contributed by atoms with Gasteiger partial charge in [0.25, 0.3) is 0 Å². The maximum absolute atomic E-state index is 14.7. The number of ether oxygens (including phenoxy) is 3. The molecule has 0 aliphatic carbocycles. The number of carbonyl (C=O) groups excluding carboxylic acids is 6. The Kier molecular flexibility index (Phi) is 13.1. The van der Waals surface area contributed by atoms with E-state index < -0.39 is 77.5 Å². The predicted molar refractivity (Wildman–Crippen MR) is 206 cm³/mol. The Morgan fingerprint density at radius 3 is 1.81 bits per heavy atom. The van der Waals surface area contributed by atoms with Crippen LogP contribution in [0, 0.1) is 5.82 Å². The molecule has 3 aromatic carbocycles. The molecular formula is C41H49FN6O9. The van der Waals surface area contributed by atoms with Crippen LogP contribution in [0.25, 0.3) is 0 Å². The highest BCUT2D eigenvalue weighted by atomic mass is 19.1. The van der Waals surface area contributed by atoms with Crippen molar-refractivity contribution in [3.8, 4) is 23.0 Å². The first-order valence-corrected chi connectivity index (χ1v) is 18.5. The van der Waals surface area contributed by atoms with Crippen LogP contribution < -0.4 is 30.2 Å². The number of fused-ring (bicyclic) bond motifs is 2. The molecule has 0 saturated carbocycles. The van der Waals surface area contributed by atoms with Gasteiger partial charge in [0.15, 0.2) is 23.1 Å². The van der Waals surface area contributed by atoms with E-state index in [1.807, 2.05) is 0 Å². The standard InChI is InChI=1S/C41H49FN6O9/c1-22-36(49)44-23(2)39(52)46(4)30(19-26-11-15-33(55-7)29(42)17-26)38(51)45-24(3)40(53)48(6)32-18-25-9-13-28(14-10-25)57-35-21-27(12-16-34(35)56-8)20-31(37(50)43-22)47(5)41(32)54/h9-17,21-24,30-32H,18-20H2,1-8H3,(H,43,50)(H,44,49)(H,45,51)/t22-,23+,24+,30+,31+,32+/m1/s1. The monoisotopic (exact) mass is 788 g/mol. The molecule has 0 unspecified atom stereocenters. The average Bonchev–Trinajstić information content (AvgIpc) is 3.19. The lowest BCUT2D eigenvalue weighted by Crippen LogP contribution is -2.61. The zero-order chi connectivity index (χ0) is 41.7. The van der Waals surface area contributed by atoms with Crippen molar-refractivity contribution in [3.63, 3.8) is 0 Å². The van der Waals surface area contributed by atoms with Gasteiger partial charge in [-0.05, 0) is 73.9 Å². The van der Waals surface area contributed by atoms with Gasteiger partial charge in [0.1, 0.15) is 42.0 Å². The lowest BCUT2D eigenvalue weighted by atomic mass is 9.98. The Labute approximate surface area is 330 Å². The molecule has 3 heterocycles. The summed E-state index contributed by atoms with van der Waals surface area (Å²) in [4.78, 5) is 87.9. The Bertz CT molecular complexity index is 2030. The molecule has 6 atom stereocenters. The van der Waals surface area contributed by atoms with Gasteiger partial charge in [-0.3, -0.25) is 28.8 Å². The molecule has 0 aromatic heterocycles. The zero-order valence-electron chi connectivity index (χ0n) is 33.3. The number of methoxy groups -OCH3 is 2. The van der Waals surface area contributed by atoms with E-state index in [4.69, 9.17) is 14.2 Å². The third-order valence-electron chi connectivity index (χ3n) is 10.4. The average molecular weight is 789 g/mol. The normalized spacial score (nSPS) is 24.1. The minimum atomic E-state index is -1.27. The number of rotatable bonds is 4. The number of benzene rings is 3. The molecule has 0 spiro atoms. The fourth-order valence-electron chi connectivity index (χ4n) is 6.91. The van der Waals surface area contributed by atoms with Crippen molar-refractivity contribution in [1.82, 2.24) is 30.7 Å². The SMILES string of the molecule is COc1ccc(C[C@H]2C(=O)N[C@@H](C)C(=O)N(C)[C@H]3Cc4ccc(cc4)Oc4cc(ccc4OC)C[C@@H](C(=O)N[C@H](C)C(=O)N[C@@H](C)C(=O)N2C)N(C)C3=O)cc1F. The van der Waals surface area contributed by atoms with Crippen molar-refractivity contribution in [2.75, 3.05) is 35.4 Å². The molecular weight excluding hydrogens is 739 g/mol. The van der Waals surface area contributed by atoms with Crippen molar-refractivity contribution in [3.05, 3.63) is 83.2 Å². The van der Waals surface area contributed by atoms with Crippen LogP contribution in [0.4, 0.5) is 4.39 Å². The highest BCUT2D eigenvalue weighted by molar-refractivity contribution is 5.98. The molecule has 3 aliphatic heterocycles. The first-order valence-electron chi connectivity index (χ1n) is 18.5. The molecule has 16 heteroatoms. The van der Waals surface area contributed by atoms with E-state index in [0.29, 0.717) is 33.9 Å². The molecule has 0 radical (unpaired) electrons. The number of halogens is 1. The van der Waals surface area contributed by atoms with Crippen LogP contribution in [0.3, 0.4) is 0 Å². The molecule has 3 aromatic rings. The van der Waals surface area contributed by atoms with Gasteiger partial charge in [-0.2, -0.15) is 0 Å². The van der Waals surface area contributed by atoms with Gasteiger partial charge >= 0.3 is 0 Å². The topological polar surface area (TPSA) is 176 Å². The summed E-state index contributed by atoms with van der Waals surface area (Å²) in [5.41, 5.74) is 1.62. The van der Waals surface area contributed by atoms with Gasteiger partial charge in [-0.15, -0.1) is 0 Å². The predicted octanol–water partition coefficient (Wildman–Crippen LogP) is 1.99. The molecule has 6 bridgehead atoms. The van der Waals surface area contributed by atoms with Crippen LogP contribution in [0.2, 0.25) is 0 Å². The second-order valence-electron chi connectivity index (χ2n) is 14.4. The summed E-state index contributed by atoms with van der Waals surface area (Å²) in [6.45, 7) is 4.31. The van der Waals surface area contributed by atoms with Crippen LogP contribution >= 0.6 is 0 Å². The number of hydrogen-bond acceptors (Lipinski definition) is 9. The number of hydrogen-bond donors (Lipinski definition) is 3. The number of carbonyl (C=O) groups is 6. The minimum Gasteiger partial charge on any atom is -0.494 e. The fourth-order valence-corrected chi connectivity index (χ4v) is 6.91. The number of amides is 6. The van der Waals surface area contributed by atoms with Crippen LogP contribution in [-0.2, 0) is 48.0 Å². The molecule has 15 nitrogen and oxygen atoms in total. The van der Waals surface area contributed by atoms with Crippen molar-refractivity contribution in [2.24, 2.45) is 0 Å². The van der Waals surface area contributed by atoms with Crippen molar-refractivity contribution >= 4 is 35.4 Å². The lowest BCUT2D eigenvalue weighted by Gasteiger charge is -2.36. The van der Waals surface area contributed by atoms with Gasteiger partial charge in [-0.1, -0.05) is 24.3 Å². The molecule has 1 saturated heterocycles. The lowest BCUT2D eigenvalue weighted by molar-refractivity contribution is -0.149. The summed E-state index contributed by atoms with van der Waals surface area (Å²) in [5, 5.41) is 7.98. The van der Waals surface area contributed by atoms with Gasteiger partial charge < -0.3 is 44.9 Å². The highest BCUT2D eigenvalue weighted by Crippen LogP contribution is 2.34. The summed E-state index contributed by atoms with van der Waals surface area (Å²) < 4.78 is 31.4. The second kappa shape index (κ2) is 17.7. The molecule has 6 rings (SSSR count). The summed E-state index contributed by atoms with van der Waals surface area (Å²) in [6, 6.07) is 9.00.